The van der Waals surface area contributed by atoms with Crippen LogP contribution in [-0.2, 0) is 0 Å². The first-order chi connectivity index (χ1) is 9.97. The minimum Gasteiger partial charge on any atom is -0.495 e. The second-order valence-electron chi connectivity index (χ2n) is 4.80. The highest BCUT2D eigenvalue weighted by atomic mass is 16.5. The van der Waals surface area contributed by atoms with E-state index in [1.807, 2.05) is 39.0 Å². The third kappa shape index (κ3) is 3.95. The van der Waals surface area contributed by atoms with Crippen molar-refractivity contribution < 1.29 is 9.47 Å². The molecule has 0 aliphatic heterocycles. The van der Waals surface area contributed by atoms with E-state index in [0.717, 1.165) is 11.3 Å². The molecule has 1 heterocycles. The van der Waals surface area contributed by atoms with Gasteiger partial charge in [-0.25, -0.2) is 0 Å². The lowest BCUT2D eigenvalue weighted by molar-refractivity contribution is 0.222. The molecule has 3 N–H and O–H groups in total. The molecule has 0 aliphatic rings. The van der Waals surface area contributed by atoms with Crippen molar-refractivity contribution in [2.24, 2.45) is 0 Å². The number of benzene rings is 1. The smallest absolute Gasteiger partial charge is 0.323 e. The SMILES string of the molecule is COc1ccc(C)cc1Nc1nc(N)nc(OC(C)C)n1. The first-order valence-corrected chi connectivity index (χ1v) is 6.58. The molecule has 0 radical (unpaired) electrons. The molecule has 0 saturated heterocycles. The Labute approximate surface area is 123 Å². The average Bonchev–Trinajstić information content (AvgIpc) is 2.37. The zero-order valence-corrected chi connectivity index (χ0v) is 12.5. The first-order valence-electron chi connectivity index (χ1n) is 6.58. The minimum atomic E-state index is -0.0480. The van der Waals surface area contributed by atoms with Crippen molar-refractivity contribution in [1.82, 2.24) is 15.0 Å². The Hall–Kier alpha value is -2.57. The Morgan fingerprint density at radius 2 is 1.95 bits per heavy atom. The zero-order valence-electron chi connectivity index (χ0n) is 12.5. The number of hydrogen-bond donors (Lipinski definition) is 2. The van der Waals surface area contributed by atoms with Crippen LogP contribution in [0.4, 0.5) is 17.6 Å². The fourth-order valence-corrected chi connectivity index (χ4v) is 1.73. The summed E-state index contributed by atoms with van der Waals surface area (Å²) in [6.07, 6.45) is -0.0480. The molecule has 112 valence electrons. The summed E-state index contributed by atoms with van der Waals surface area (Å²) in [4.78, 5) is 12.2. The second kappa shape index (κ2) is 6.25. The topological polar surface area (TPSA) is 95.2 Å². The maximum Gasteiger partial charge on any atom is 0.323 e. The molecule has 0 fully saturated rings. The number of ether oxygens (including phenoxy) is 2. The van der Waals surface area contributed by atoms with Gasteiger partial charge in [0.05, 0.1) is 18.9 Å². The molecule has 0 saturated carbocycles. The molecule has 1 aromatic carbocycles. The number of nitrogens with zero attached hydrogens (tertiary/aromatic N) is 3. The van der Waals surface area contributed by atoms with Crippen LogP contribution < -0.4 is 20.5 Å². The Kier molecular flexibility index (Phi) is 4.42. The Morgan fingerprint density at radius 1 is 1.19 bits per heavy atom. The number of methoxy groups -OCH3 is 1. The number of aryl methyl sites for hydroxylation is 1. The highest BCUT2D eigenvalue weighted by molar-refractivity contribution is 5.64. The number of nitrogen functional groups attached to an aromatic ring is 1. The third-order valence-electron chi connectivity index (χ3n) is 2.57. The van der Waals surface area contributed by atoms with E-state index in [-0.39, 0.29) is 18.1 Å². The molecular weight excluding hydrogens is 270 g/mol. The summed E-state index contributed by atoms with van der Waals surface area (Å²) in [5.74, 6) is 1.09. The quantitative estimate of drug-likeness (QED) is 0.871. The third-order valence-corrected chi connectivity index (χ3v) is 2.57. The van der Waals surface area contributed by atoms with Gasteiger partial charge in [0.1, 0.15) is 5.75 Å². The predicted molar refractivity (Wildman–Crippen MR) is 81.0 cm³/mol. The second-order valence-corrected chi connectivity index (χ2v) is 4.80. The van der Waals surface area contributed by atoms with Gasteiger partial charge >= 0.3 is 6.01 Å². The Balaban J connectivity index is 2.31. The lowest BCUT2D eigenvalue weighted by Crippen LogP contribution is -2.12. The number of aromatic nitrogens is 3. The van der Waals surface area contributed by atoms with Gasteiger partial charge in [-0.05, 0) is 38.5 Å². The molecular formula is C14H19N5O2. The van der Waals surface area contributed by atoms with Crippen molar-refractivity contribution in [1.29, 1.82) is 0 Å². The average molecular weight is 289 g/mol. The maximum atomic E-state index is 5.68. The van der Waals surface area contributed by atoms with Crippen molar-refractivity contribution in [3.05, 3.63) is 23.8 Å². The van der Waals surface area contributed by atoms with E-state index in [1.165, 1.54) is 0 Å². The number of hydrogen-bond acceptors (Lipinski definition) is 7. The summed E-state index contributed by atoms with van der Waals surface area (Å²) < 4.78 is 10.7. The van der Waals surface area contributed by atoms with E-state index >= 15 is 0 Å². The van der Waals surface area contributed by atoms with Gasteiger partial charge in [0.15, 0.2) is 0 Å². The van der Waals surface area contributed by atoms with Crippen molar-refractivity contribution in [2.75, 3.05) is 18.2 Å². The summed E-state index contributed by atoms with van der Waals surface area (Å²) in [6, 6.07) is 5.95. The van der Waals surface area contributed by atoms with Crippen LogP contribution in [0.15, 0.2) is 18.2 Å². The van der Waals surface area contributed by atoms with Crippen LogP contribution in [0, 0.1) is 6.92 Å². The van der Waals surface area contributed by atoms with Crippen LogP contribution >= 0.6 is 0 Å². The highest BCUT2D eigenvalue weighted by Crippen LogP contribution is 2.27. The van der Waals surface area contributed by atoms with Crippen LogP contribution in [0.2, 0.25) is 0 Å². The van der Waals surface area contributed by atoms with E-state index in [9.17, 15) is 0 Å². The van der Waals surface area contributed by atoms with Crippen molar-refractivity contribution in [2.45, 2.75) is 26.9 Å². The summed E-state index contributed by atoms with van der Waals surface area (Å²) in [5, 5.41) is 3.07. The molecule has 0 aliphatic carbocycles. The molecule has 0 bridgehead atoms. The van der Waals surface area contributed by atoms with Crippen molar-refractivity contribution >= 4 is 17.6 Å². The van der Waals surface area contributed by atoms with Gasteiger partial charge < -0.3 is 20.5 Å². The molecule has 0 spiro atoms. The summed E-state index contributed by atoms with van der Waals surface area (Å²) >= 11 is 0. The summed E-state index contributed by atoms with van der Waals surface area (Å²) in [5.41, 5.74) is 7.51. The van der Waals surface area contributed by atoms with E-state index in [1.54, 1.807) is 7.11 Å². The van der Waals surface area contributed by atoms with Gasteiger partial charge in [-0.1, -0.05) is 6.07 Å². The zero-order chi connectivity index (χ0) is 15.4. The molecule has 7 heteroatoms. The molecule has 2 aromatic rings. The van der Waals surface area contributed by atoms with Gasteiger partial charge in [0.2, 0.25) is 11.9 Å². The fourth-order valence-electron chi connectivity index (χ4n) is 1.73. The van der Waals surface area contributed by atoms with E-state index in [2.05, 4.69) is 20.3 Å². The monoisotopic (exact) mass is 289 g/mol. The Bertz CT molecular complexity index is 631. The molecule has 0 amide bonds. The van der Waals surface area contributed by atoms with Gasteiger partial charge in [-0.2, -0.15) is 15.0 Å². The van der Waals surface area contributed by atoms with E-state index < -0.39 is 0 Å². The Morgan fingerprint density at radius 3 is 2.62 bits per heavy atom. The van der Waals surface area contributed by atoms with Gasteiger partial charge in [0.25, 0.3) is 0 Å². The normalized spacial score (nSPS) is 10.5. The van der Waals surface area contributed by atoms with Crippen LogP contribution in [0.1, 0.15) is 19.4 Å². The number of rotatable bonds is 5. The van der Waals surface area contributed by atoms with E-state index in [4.69, 9.17) is 15.2 Å². The van der Waals surface area contributed by atoms with Crippen LogP contribution in [0.3, 0.4) is 0 Å². The fraction of sp³-hybridized carbons (Fsp3) is 0.357. The van der Waals surface area contributed by atoms with Crippen LogP contribution in [-0.4, -0.2) is 28.2 Å². The molecule has 21 heavy (non-hydrogen) atoms. The molecule has 2 rings (SSSR count). The predicted octanol–water partition coefficient (Wildman–Crippen LogP) is 2.30. The summed E-state index contributed by atoms with van der Waals surface area (Å²) in [6.45, 7) is 5.76. The number of nitrogens with one attached hydrogen (secondary N) is 1. The summed E-state index contributed by atoms with van der Waals surface area (Å²) in [7, 11) is 1.60. The van der Waals surface area contributed by atoms with Gasteiger partial charge in [0, 0.05) is 0 Å². The van der Waals surface area contributed by atoms with Gasteiger partial charge in [-0.3, -0.25) is 0 Å². The molecule has 0 unspecified atom stereocenters. The van der Waals surface area contributed by atoms with Crippen molar-refractivity contribution in [3.8, 4) is 11.8 Å². The maximum absolute atomic E-state index is 5.68. The number of nitrogens with two attached hydrogens (primary N) is 1. The van der Waals surface area contributed by atoms with Crippen LogP contribution in [0.25, 0.3) is 0 Å². The van der Waals surface area contributed by atoms with Gasteiger partial charge in [-0.15, -0.1) is 0 Å². The highest BCUT2D eigenvalue weighted by Gasteiger charge is 2.10. The molecule has 7 nitrogen and oxygen atoms in total. The first kappa shape index (κ1) is 14.8. The molecule has 0 atom stereocenters. The lowest BCUT2D eigenvalue weighted by atomic mass is 10.2. The van der Waals surface area contributed by atoms with Crippen LogP contribution in [0.5, 0.6) is 11.8 Å². The van der Waals surface area contributed by atoms with Crippen molar-refractivity contribution in [3.63, 3.8) is 0 Å². The number of anilines is 3. The largest absolute Gasteiger partial charge is 0.495 e. The standard InChI is InChI=1S/C14H19N5O2/c1-8(2)21-14-18-12(15)17-13(19-14)16-10-7-9(3)5-6-11(10)20-4/h5-8H,1-4H3,(H3,15,16,17,18,19). The minimum absolute atomic E-state index is 0.0480. The van der Waals surface area contributed by atoms with E-state index in [0.29, 0.717) is 11.7 Å². The molecule has 1 aromatic heterocycles. The lowest BCUT2D eigenvalue weighted by Gasteiger charge is -2.12.